The molecule has 0 saturated heterocycles. The average molecular weight is 304 g/mol. The van der Waals surface area contributed by atoms with Crippen LogP contribution in [0.3, 0.4) is 0 Å². The van der Waals surface area contributed by atoms with E-state index < -0.39 is 6.10 Å². The van der Waals surface area contributed by atoms with Crippen LogP contribution in [-0.2, 0) is 13.0 Å². The molecule has 1 aromatic carbocycles. The molecule has 3 rings (SSSR count). The fourth-order valence-electron chi connectivity index (χ4n) is 2.67. The number of benzene rings is 1. The summed E-state index contributed by atoms with van der Waals surface area (Å²) in [5.41, 5.74) is 2.51. The summed E-state index contributed by atoms with van der Waals surface area (Å²) in [7, 11) is 0. The minimum absolute atomic E-state index is 0.0621. The Morgan fingerprint density at radius 1 is 1.43 bits per heavy atom. The molecule has 110 valence electrons. The van der Waals surface area contributed by atoms with Crippen LogP contribution in [0, 0.1) is 10.1 Å². The van der Waals surface area contributed by atoms with Crippen LogP contribution in [0.1, 0.15) is 29.0 Å². The fourth-order valence-corrected chi connectivity index (χ4v) is 3.56. The minimum atomic E-state index is -0.706. The van der Waals surface area contributed by atoms with Crippen LogP contribution in [0.15, 0.2) is 29.6 Å². The molecule has 1 aliphatic heterocycles. The normalized spacial score (nSPS) is 15.6. The topological polar surface area (TPSA) is 66.6 Å². The first-order valence-corrected chi connectivity index (χ1v) is 7.71. The zero-order valence-electron chi connectivity index (χ0n) is 11.7. The molecule has 5 nitrogen and oxygen atoms in total. The highest BCUT2D eigenvalue weighted by Crippen LogP contribution is 2.35. The molecule has 0 fully saturated rings. The molecule has 2 heterocycles. The standard InChI is InChI=1S/C15H16N2O3S/c1-10(18)11-2-3-13(14(8-11)17(19)20)16-6-4-15-12(9-16)5-7-21-15/h2-3,5,7-8,10,18H,4,6,9H2,1H3. The number of hydrogen-bond acceptors (Lipinski definition) is 5. The lowest BCUT2D eigenvalue weighted by atomic mass is 10.1. The van der Waals surface area contributed by atoms with Gasteiger partial charge in [-0.1, -0.05) is 6.07 Å². The van der Waals surface area contributed by atoms with E-state index in [0.29, 0.717) is 17.8 Å². The van der Waals surface area contributed by atoms with Gasteiger partial charge in [0.25, 0.3) is 5.69 Å². The minimum Gasteiger partial charge on any atom is -0.389 e. The summed E-state index contributed by atoms with van der Waals surface area (Å²) in [5, 5.41) is 23.0. The molecule has 1 atom stereocenters. The van der Waals surface area contributed by atoms with E-state index in [1.54, 1.807) is 30.4 Å². The third-order valence-electron chi connectivity index (χ3n) is 3.83. The zero-order chi connectivity index (χ0) is 15.0. The summed E-state index contributed by atoms with van der Waals surface area (Å²) >= 11 is 1.75. The summed E-state index contributed by atoms with van der Waals surface area (Å²) in [6.07, 6.45) is 0.213. The summed E-state index contributed by atoms with van der Waals surface area (Å²) in [5.74, 6) is 0. The molecule has 21 heavy (non-hydrogen) atoms. The second-order valence-electron chi connectivity index (χ2n) is 5.22. The number of nitro benzene ring substituents is 1. The number of nitro groups is 1. The summed E-state index contributed by atoms with van der Waals surface area (Å²) in [6, 6.07) is 7.07. The lowest BCUT2D eigenvalue weighted by molar-refractivity contribution is -0.384. The van der Waals surface area contributed by atoms with Crippen LogP contribution in [0.2, 0.25) is 0 Å². The Hall–Kier alpha value is -1.92. The Bertz CT molecular complexity index is 681. The maximum atomic E-state index is 11.3. The molecule has 0 radical (unpaired) electrons. The van der Waals surface area contributed by atoms with Gasteiger partial charge in [0.2, 0.25) is 0 Å². The van der Waals surface area contributed by atoms with Gasteiger partial charge in [0.1, 0.15) is 5.69 Å². The van der Waals surface area contributed by atoms with E-state index in [1.807, 2.05) is 4.90 Å². The van der Waals surface area contributed by atoms with Gasteiger partial charge < -0.3 is 10.0 Å². The third kappa shape index (κ3) is 2.64. The molecular weight excluding hydrogens is 288 g/mol. The second-order valence-corrected chi connectivity index (χ2v) is 6.22. The molecule has 0 saturated carbocycles. The van der Waals surface area contributed by atoms with Crippen LogP contribution in [0.25, 0.3) is 0 Å². The van der Waals surface area contributed by atoms with Crippen LogP contribution in [0.5, 0.6) is 0 Å². The molecule has 1 aromatic heterocycles. The number of nitrogens with zero attached hydrogens (tertiary/aromatic N) is 2. The van der Waals surface area contributed by atoms with Crippen LogP contribution >= 0.6 is 11.3 Å². The Balaban J connectivity index is 1.97. The largest absolute Gasteiger partial charge is 0.389 e. The first-order valence-electron chi connectivity index (χ1n) is 6.83. The zero-order valence-corrected chi connectivity index (χ0v) is 12.5. The monoisotopic (exact) mass is 304 g/mol. The van der Waals surface area contributed by atoms with Crippen molar-refractivity contribution in [2.45, 2.75) is 26.0 Å². The number of aliphatic hydroxyl groups excluding tert-OH is 1. The predicted molar refractivity (Wildman–Crippen MR) is 82.8 cm³/mol. The fraction of sp³-hybridized carbons (Fsp3) is 0.333. The van der Waals surface area contributed by atoms with Gasteiger partial charge in [-0.3, -0.25) is 10.1 Å². The van der Waals surface area contributed by atoms with E-state index in [4.69, 9.17) is 0 Å². The van der Waals surface area contributed by atoms with Crippen molar-refractivity contribution in [2.75, 3.05) is 11.4 Å². The molecular formula is C15H16N2O3S. The molecule has 0 aliphatic carbocycles. The second kappa shape index (κ2) is 5.46. The van der Waals surface area contributed by atoms with Crippen molar-refractivity contribution < 1.29 is 10.0 Å². The Morgan fingerprint density at radius 3 is 2.95 bits per heavy atom. The van der Waals surface area contributed by atoms with Gasteiger partial charge in [-0.05, 0) is 42.0 Å². The first-order chi connectivity index (χ1) is 10.1. The number of fused-ring (bicyclic) bond motifs is 1. The van der Waals surface area contributed by atoms with Crippen LogP contribution in [-0.4, -0.2) is 16.6 Å². The van der Waals surface area contributed by atoms with E-state index in [1.165, 1.54) is 16.5 Å². The Labute approximate surface area is 126 Å². The molecule has 0 amide bonds. The molecule has 1 aliphatic rings. The molecule has 1 unspecified atom stereocenters. The quantitative estimate of drug-likeness (QED) is 0.698. The van der Waals surface area contributed by atoms with Crippen molar-refractivity contribution in [1.29, 1.82) is 0 Å². The van der Waals surface area contributed by atoms with E-state index in [2.05, 4.69) is 11.4 Å². The number of aliphatic hydroxyl groups is 1. The number of thiophene rings is 1. The molecule has 0 bridgehead atoms. The molecule has 0 spiro atoms. The van der Waals surface area contributed by atoms with E-state index in [9.17, 15) is 15.2 Å². The van der Waals surface area contributed by atoms with E-state index in [0.717, 1.165) is 13.0 Å². The van der Waals surface area contributed by atoms with E-state index in [-0.39, 0.29) is 10.6 Å². The number of anilines is 1. The van der Waals surface area contributed by atoms with Gasteiger partial charge in [-0.2, -0.15) is 0 Å². The smallest absolute Gasteiger partial charge is 0.292 e. The first kappa shape index (κ1) is 14.0. The van der Waals surface area contributed by atoms with Crippen LogP contribution in [0.4, 0.5) is 11.4 Å². The summed E-state index contributed by atoms with van der Waals surface area (Å²) in [6.45, 7) is 3.09. The Morgan fingerprint density at radius 2 is 2.24 bits per heavy atom. The highest BCUT2D eigenvalue weighted by Gasteiger charge is 2.24. The van der Waals surface area contributed by atoms with Gasteiger partial charge in [0.15, 0.2) is 0 Å². The van der Waals surface area contributed by atoms with Crippen molar-refractivity contribution in [2.24, 2.45) is 0 Å². The van der Waals surface area contributed by atoms with Crippen molar-refractivity contribution >= 4 is 22.7 Å². The highest BCUT2D eigenvalue weighted by molar-refractivity contribution is 7.10. The van der Waals surface area contributed by atoms with Gasteiger partial charge >= 0.3 is 0 Å². The van der Waals surface area contributed by atoms with Crippen LogP contribution < -0.4 is 4.90 Å². The third-order valence-corrected chi connectivity index (χ3v) is 4.85. The summed E-state index contributed by atoms with van der Waals surface area (Å²) in [4.78, 5) is 14.4. The van der Waals surface area contributed by atoms with Gasteiger partial charge in [-0.25, -0.2) is 0 Å². The van der Waals surface area contributed by atoms with Crippen molar-refractivity contribution in [3.8, 4) is 0 Å². The molecule has 2 aromatic rings. The van der Waals surface area contributed by atoms with Gasteiger partial charge in [0, 0.05) is 24.0 Å². The molecule has 1 N–H and O–H groups in total. The van der Waals surface area contributed by atoms with E-state index >= 15 is 0 Å². The average Bonchev–Trinajstić information content (AvgIpc) is 2.93. The lowest BCUT2D eigenvalue weighted by Crippen LogP contribution is -2.29. The highest BCUT2D eigenvalue weighted by atomic mass is 32.1. The van der Waals surface area contributed by atoms with Crippen molar-refractivity contribution in [3.05, 3.63) is 55.8 Å². The van der Waals surface area contributed by atoms with Crippen molar-refractivity contribution in [3.63, 3.8) is 0 Å². The number of hydrogen-bond donors (Lipinski definition) is 1. The van der Waals surface area contributed by atoms with Gasteiger partial charge in [0.05, 0.1) is 11.0 Å². The maximum absolute atomic E-state index is 11.3. The van der Waals surface area contributed by atoms with Crippen molar-refractivity contribution in [1.82, 2.24) is 0 Å². The Kier molecular flexibility index (Phi) is 3.65. The molecule has 6 heteroatoms. The predicted octanol–water partition coefficient (Wildman–Crippen LogP) is 3.27. The lowest BCUT2D eigenvalue weighted by Gasteiger charge is -2.28. The maximum Gasteiger partial charge on any atom is 0.292 e. The SMILES string of the molecule is CC(O)c1ccc(N2CCc3sccc3C2)c([N+](=O)[O-])c1. The number of rotatable bonds is 3. The summed E-state index contributed by atoms with van der Waals surface area (Å²) < 4.78 is 0. The van der Waals surface area contributed by atoms with Gasteiger partial charge in [-0.15, -0.1) is 11.3 Å².